The number of nitrogens with one attached hydrogen (secondary N) is 3. The zero-order valence-corrected chi connectivity index (χ0v) is 13.6. The van der Waals surface area contributed by atoms with Crippen LogP contribution in [0.5, 0.6) is 0 Å². The normalized spacial score (nSPS) is 15.9. The lowest BCUT2D eigenvalue weighted by atomic mass is 9.89. The lowest BCUT2D eigenvalue weighted by Crippen LogP contribution is -2.36. The summed E-state index contributed by atoms with van der Waals surface area (Å²) in [7, 11) is 0. The second-order valence-electron chi connectivity index (χ2n) is 5.85. The van der Waals surface area contributed by atoms with E-state index >= 15 is 0 Å². The molecule has 2 aromatic rings. The maximum absolute atomic E-state index is 13.5. The first-order valence-electron chi connectivity index (χ1n) is 8.14. The highest BCUT2D eigenvalue weighted by Crippen LogP contribution is 2.32. The van der Waals surface area contributed by atoms with Gasteiger partial charge in [-0.1, -0.05) is 0 Å². The summed E-state index contributed by atoms with van der Waals surface area (Å²) >= 11 is 0. The van der Waals surface area contributed by atoms with Crippen molar-refractivity contribution in [3.63, 3.8) is 0 Å². The summed E-state index contributed by atoms with van der Waals surface area (Å²) in [5.74, 6) is -1.58. The van der Waals surface area contributed by atoms with Gasteiger partial charge in [0, 0.05) is 37.6 Å². The molecule has 0 unspecified atom stereocenters. The summed E-state index contributed by atoms with van der Waals surface area (Å²) in [4.78, 5) is 28.2. The first kappa shape index (κ1) is 16.9. The van der Waals surface area contributed by atoms with Gasteiger partial charge >= 0.3 is 0 Å². The monoisotopic (exact) mass is 342 g/mol. The molecule has 2 heterocycles. The first-order chi connectivity index (χ1) is 12.1. The Balaban J connectivity index is 1.51. The fourth-order valence-electron chi connectivity index (χ4n) is 2.79. The van der Waals surface area contributed by atoms with Crippen LogP contribution < -0.4 is 16.0 Å². The van der Waals surface area contributed by atoms with Crippen molar-refractivity contribution in [2.24, 2.45) is 0 Å². The standard InChI is InChI=1S/C18H19FN4O2/c19-12-4-5-16-14(9-12)15(10-17(24)23-16)18(25)22-8-2-7-21-13-3-1-6-20-11-13/h1,3-6,9,11,15,21H,2,7-8,10H2,(H,22,25)(H,23,24)/t15-/m1/s1. The van der Waals surface area contributed by atoms with Crippen LogP contribution in [0.25, 0.3) is 0 Å². The quantitative estimate of drug-likeness (QED) is 0.703. The minimum atomic E-state index is -0.661. The summed E-state index contributed by atoms with van der Waals surface area (Å²) in [5, 5.41) is 8.69. The zero-order valence-electron chi connectivity index (χ0n) is 13.6. The summed E-state index contributed by atoms with van der Waals surface area (Å²) in [6.45, 7) is 1.15. The van der Waals surface area contributed by atoms with E-state index in [1.807, 2.05) is 12.1 Å². The summed E-state index contributed by atoms with van der Waals surface area (Å²) in [6, 6.07) is 7.82. The van der Waals surface area contributed by atoms with E-state index in [0.29, 0.717) is 24.3 Å². The third kappa shape index (κ3) is 4.32. The minimum absolute atomic E-state index is 0.0240. The number of rotatable bonds is 6. The number of benzene rings is 1. The Bertz CT molecular complexity index is 767. The molecule has 6 nitrogen and oxygen atoms in total. The molecule has 1 aliphatic heterocycles. The Hall–Kier alpha value is -2.96. The van der Waals surface area contributed by atoms with Crippen molar-refractivity contribution in [3.05, 3.63) is 54.1 Å². The van der Waals surface area contributed by atoms with Gasteiger partial charge in [0.2, 0.25) is 11.8 Å². The zero-order chi connectivity index (χ0) is 17.6. The van der Waals surface area contributed by atoms with Gasteiger partial charge in [-0.2, -0.15) is 0 Å². The van der Waals surface area contributed by atoms with E-state index in [4.69, 9.17) is 0 Å². The van der Waals surface area contributed by atoms with E-state index in [2.05, 4.69) is 20.9 Å². The van der Waals surface area contributed by atoms with Gasteiger partial charge < -0.3 is 16.0 Å². The largest absolute Gasteiger partial charge is 0.384 e. The van der Waals surface area contributed by atoms with Crippen LogP contribution in [-0.4, -0.2) is 29.9 Å². The Morgan fingerprint density at radius 1 is 1.32 bits per heavy atom. The summed E-state index contributed by atoms with van der Waals surface area (Å²) < 4.78 is 13.5. The Kier molecular flexibility index (Phi) is 5.23. The number of carbonyl (C=O) groups excluding carboxylic acids is 2. The lowest BCUT2D eigenvalue weighted by Gasteiger charge is -2.25. The number of pyridine rings is 1. The van der Waals surface area contributed by atoms with E-state index in [0.717, 1.165) is 12.1 Å². The predicted octanol–water partition coefficient (Wildman–Crippen LogP) is 2.26. The van der Waals surface area contributed by atoms with Crippen LogP contribution in [0.2, 0.25) is 0 Å². The number of fused-ring (bicyclic) bond motifs is 1. The molecule has 7 heteroatoms. The van der Waals surface area contributed by atoms with E-state index in [1.54, 1.807) is 12.4 Å². The number of anilines is 2. The number of hydrogen-bond donors (Lipinski definition) is 3. The van der Waals surface area contributed by atoms with Crippen molar-refractivity contribution in [3.8, 4) is 0 Å². The van der Waals surface area contributed by atoms with Crippen molar-refractivity contribution in [1.82, 2.24) is 10.3 Å². The van der Waals surface area contributed by atoms with E-state index in [1.165, 1.54) is 18.2 Å². The predicted molar refractivity (Wildman–Crippen MR) is 92.7 cm³/mol. The fourth-order valence-corrected chi connectivity index (χ4v) is 2.79. The molecule has 0 spiro atoms. The summed E-state index contributed by atoms with van der Waals surface area (Å²) in [5.41, 5.74) is 1.93. The van der Waals surface area contributed by atoms with Crippen LogP contribution in [0.4, 0.5) is 15.8 Å². The van der Waals surface area contributed by atoms with Crippen LogP contribution >= 0.6 is 0 Å². The molecule has 3 N–H and O–H groups in total. The molecule has 1 aromatic heterocycles. The average molecular weight is 342 g/mol. The van der Waals surface area contributed by atoms with E-state index in [9.17, 15) is 14.0 Å². The van der Waals surface area contributed by atoms with E-state index < -0.39 is 11.7 Å². The van der Waals surface area contributed by atoms with Crippen molar-refractivity contribution in [1.29, 1.82) is 0 Å². The van der Waals surface area contributed by atoms with Crippen LogP contribution in [-0.2, 0) is 9.59 Å². The molecule has 3 rings (SSSR count). The maximum Gasteiger partial charge on any atom is 0.228 e. The highest BCUT2D eigenvalue weighted by atomic mass is 19.1. The Morgan fingerprint density at radius 3 is 3.00 bits per heavy atom. The number of aromatic nitrogens is 1. The molecule has 0 aliphatic carbocycles. The molecule has 0 saturated carbocycles. The van der Waals surface area contributed by atoms with Gasteiger partial charge in [0.05, 0.1) is 11.6 Å². The van der Waals surface area contributed by atoms with Gasteiger partial charge in [-0.15, -0.1) is 0 Å². The Morgan fingerprint density at radius 2 is 2.20 bits per heavy atom. The molecule has 1 atom stereocenters. The molecule has 2 amide bonds. The minimum Gasteiger partial charge on any atom is -0.384 e. The van der Waals surface area contributed by atoms with Crippen molar-refractivity contribution < 1.29 is 14.0 Å². The molecule has 1 aromatic carbocycles. The smallest absolute Gasteiger partial charge is 0.228 e. The lowest BCUT2D eigenvalue weighted by molar-refractivity contribution is -0.126. The van der Waals surface area contributed by atoms with Gasteiger partial charge in [0.1, 0.15) is 5.82 Å². The third-order valence-electron chi connectivity index (χ3n) is 4.01. The molecular formula is C18H19FN4O2. The molecule has 130 valence electrons. The Labute approximate surface area is 144 Å². The fraction of sp³-hybridized carbons (Fsp3) is 0.278. The third-order valence-corrected chi connectivity index (χ3v) is 4.01. The van der Waals surface area contributed by atoms with Crippen LogP contribution in [0.3, 0.4) is 0 Å². The number of amides is 2. The molecule has 0 radical (unpaired) electrons. The number of nitrogens with zero attached hydrogens (tertiary/aromatic N) is 1. The average Bonchev–Trinajstić information content (AvgIpc) is 2.62. The van der Waals surface area contributed by atoms with E-state index in [-0.39, 0.29) is 18.2 Å². The molecule has 25 heavy (non-hydrogen) atoms. The van der Waals surface area contributed by atoms with Gasteiger partial charge in [-0.05, 0) is 42.3 Å². The summed E-state index contributed by atoms with van der Waals surface area (Å²) in [6.07, 6.45) is 4.17. The van der Waals surface area contributed by atoms with Gasteiger partial charge in [-0.3, -0.25) is 14.6 Å². The topological polar surface area (TPSA) is 83.1 Å². The van der Waals surface area contributed by atoms with Crippen molar-refractivity contribution >= 4 is 23.2 Å². The number of carbonyl (C=O) groups is 2. The second kappa shape index (κ2) is 7.74. The highest BCUT2D eigenvalue weighted by Gasteiger charge is 2.30. The molecule has 1 aliphatic rings. The number of halogens is 1. The maximum atomic E-state index is 13.5. The van der Waals surface area contributed by atoms with Crippen LogP contribution in [0.15, 0.2) is 42.7 Å². The molecule has 0 bridgehead atoms. The van der Waals surface area contributed by atoms with Crippen molar-refractivity contribution in [2.75, 3.05) is 23.7 Å². The molecular weight excluding hydrogens is 323 g/mol. The second-order valence-corrected chi connectivity index (χ2v) is 5.85. The molecule has 0 fully saturated rings. The van der Waals surface area contributed by atoms with Gasteiger partial charge in [0.25, 0.3) is 0 Å². The van der Waals surface area contributed by atoms with Crippen LogP contribution in [0.1, 0.15) is 24.3 Å². The van der Waals surface area contributed by atoms with Crippen molar-refractivity contribution in [2.45, 2.75) is 18.8 Å². The molecule has 0 saturated heterocycles. The number of hydrogen-bond acceptors (Lipinski definition) is 4. The van der Waals surface area contributed by atoms with Gasteiger partial charge in [0.15, 0.2) is 0 Å². The first-order valence-corrected chi connectivity index (χ1v) is 8.14. The highest BCUT2D eigenvalue weighted by molar-refractivity contribution is 6.01. The SMILES string of the molecule is O=C1C[C@@H](C(=O)NCCCNc2cccnc2)c2cc(F)ccc2N1. The van der Waals surface area contributed by atoms with Crippen LogP contribution in [0, 0.1) is 5.82 Å². The van der Waals surface area contributed by atoms with Gasteiger partial charge in [-0.25, -0.2) is 4.39 Å².